The SMILES string of the molecule is C=Cc1cccc(C(C(=O)NC2CCCCC2)N(C(=O)C(CC(C)C)NC(=O)OC(C)(C)C)C2CC2)c1. The third-order valence-electron chi connectivity index (χ3n) is 6.83. The van der Waals surface area contributed by atoms with Crippen molar-refractivity contribution in [3.63, 3.8) is 0 Å². The molecule has 0 aliphatic heterocycles. The molecule has 0 bridgehead atoms. The lowest BCUT2D eigenvalue weighted by Gasteiger charge is -2.36. The first-order valence-corrected chi connectivity index (χ1v) is 13.8. The molecule has 1 aromatic carbocycles. The van der Waals surface area contributed by atoms with Crippen molar-refractivity contribution in [1.82, 2.24) is 15.5 Å². The van der Waals surface area contributed by atoms with E-state index in [2.05, 4.69) is 17.2 Å². The Morgan fingerprint density at radius 1 is 1.11 bits per heavy atom. The van der Waals surface area contributed by atoms with Gasteiger partial charge in [0.05, 0.1) is 0 Å². The Morgan fingerprint density at radius 2 is 1.78 bits per heavy atom. The zero-order chi connectivity index (χ0) is 27.2. The van der Waals surface area contributed by atoms with E-state index in [4.69, 9.17) is 4.74 Å². The average molecular weight is 512 g/mol. The third kappa shape index (κ3) is 8.61. The van der Waals surface area contributed by atoms with Crippen LogP contribution >= 0.6 is 0 Å². The van der Waals surface area contributed by atoms with Crippen molar-refractivity contribution in [2.75, 3.05) is 0 Å². The van der Waals surface area contributed by atoms with Crippen molar-refractivity contribution < 1.29 is 19.1 Å². The van der Waals surface area contributed by atoms with E-state index < -0.39 is 23.8 Å². The minimum absolute atomic E-state index is 0.0444. The molecule has 3 amide bonds. The minimum atomic E-state index is -0.789. The highest BCUT2D eigenvalue weighted by Crippen LogP contribution is 2.36. The fraction of sp³-hybridized carbons (Fsp3) is 0.633. The van der Waals surface area contributed by atoms with Gasteiger partial charge in [0, 0.05) is 12.1 Å². The standard InChI is InChI=1S/C30H45N3O4/c1-7-21-12-11-13-22(19-21)26(27(34)31-23-14-9-8-10-15-23)33(24-16-17-24)28(35)25(18-20(2)3)32-29(36)37-30(4,5)6/h7,11-13,19-20,23-26H,1,8-10,14-18H2,2-6H3,(H,31,34)(H,32,36). The summed E-state index contributed by atoms with van der Waals surface area (Å²) >= 11 is 0. The second kappa shape index (κ2) is 12.6. The summed E-state index contributed by atoms with van der Waals surface area (Å²) in [4.78, 5) is 42.5. The van der Waals surface area contributed by atoms with E-state index in [9.17, 15) is 14.4 Å². The molecule has 2 saturated carbocycles. The fourth-order valence-electron chi connectivity index (χ4n) is 5.01. The molecular weight excluding hydrogens is 466 g/mol. The van der Waals surface area contributed by atoms with E-state index in [1.807, 2.05) is 38.1 Å². The van der Waals surface area contributed by atoms with Crippen LogP contribution in [0, 0.1) is 5.92 Å². The maximum atomic E-state index is 14.2. The van der Waals surface area contributed by atoms with Gasteiger partial charge in [0.2, 0.25) is 11.8 Å². The van der Waals surface area contributed by atoms with Crippen LogP contribution in [-0.4, -0.2) is 46.5 Å². The van der Waals surface area contributed by atoms with Crippen LogP contribution in [0.2, 0.25) is 0 Å². The maximum Gasteiger partial charge on any atom is 0.408 e. The van der Waals surface area contributed by atoms with Gasteiger partial charge in [0.15, 0.2) is 0 Å². The molecule has 2 unspecified atom stereocenters. The Labute approximate surface area is 222 Å². The Hall–Kier alpha value is -2.83. The molecule has 3 rings (SSSR count). The number of nitrogens with zero attached hydrogens (tertiary/aromatic N) is 1. The quantitative estimate of drug-likeness (QED) is 0.419. The predicted molar refractivity (Wildman–Crippen MR) is 147 cm³/mol. The van der Waals surface area contributed by atoms with Crippen molar-refractivity contribution in [3.8, 4) is 0 Å². The number of carbonyl (C=O) groups is 3. The first kappa shape index (κ1) is 28.7. The van der Waals surface area contributed by atoms with E-state index in [0.29, 0.717) is 6.42 Å². The monoisotopic (exact) mass is 511 g/mol. The van der Waals surface area contributed by atoms with Crippen LogP contribution in [0.5, 0.6) is 0 Å². The molecule has 37 heavy (non-hydrogen) atoms. The van der Waals surface area contributed by atoms with E-state index in [1.54, 1.807) is 31.7 Å². The van der Waals surface area contributed by atoms with Crippen molar-refractivity contribution >= 4 is 24.0 Å². The summed E-state index contributed by atoms with van der Waals surface area (Å²) in [6.07, 6.45) is 8.54. The summed E-state index contributed by atoms with van der Waals surface area (Å²) in [6.45, 7) is 13.3. The van der Waals surface area contributed by atoms with E-state index in [0.717, 1.165) is 49.7 Å². The Kier molecular flexibility index (Phi) is 9.80. The summed E-state index contributed by atoms with van der Waals surface area (Å²) in [5.41, 5.74) is 0.965. The van der Waals surface area contributed by atoms with Gasteiger partial charge in [-0.2, -0.15) is 0 Å². The summed E-state index contributed by atoms with van der Waals surface area (Å²) in [7, 11) is 0. The summed E-state index contributed by atoms with van der Waals surface area (Å²) in [5, 5.41) is 6.07. The van der Waals surface area contributed by atoms with Crippen LogP contribution in [0.15, 0.2) is 30.8 Å². The summed E-state index contributed by atoms with van der Waals surface area (Å²) < 4.78 is 5.47. The lowest BCUT2D eigenvalue weighted by Crippen LogP contribution is -2.54. The number of rotatable bonds is 10. The van der Waals surface area contributed by atoms with E-state index >= 15 is 0 Å². The van der Waals surface area contributed by atoms with E-state index in [-0.39, 0.29) is 29.8 Å². The van der Waals surface area contributed by atoms with Gasteiger partial charge in [0.25, 0.3) is 0 Å². The van der Waals surface area contributed by atoms with E-state index in [1.165, 1.54) is 6.42 Å². The predicted octanol–water partition coefficient (Wildman–Crippen LogP) is 5.75. The molecule has 2 atom stereocenters. The van der Waals surface area contributed by atoms with Gasteiger partial charge in [-0.15, -0.1) is 0 Å². The second-order valence-corrected chi connectivity index (χ2v) is 11.9. The summed E-state index contributed by atoms with van der Waals surface area (Å²) in [6, 6.07) is 6.17. The van der Waals surface area contributed by atoms with Crippen LogP contribution in [0.4, 0.5) is 4.79 Å². The van der Waals surface area contributed by atoms with Crippen LogP contribution < -0.4 is 10.6 Å². The number of carbonyl (C=O) groups excluding carboxylic acids is 3. The molecule has 2 fully saturated rings. The van der Waals surface area contributed by atoms with Crippen LogP contribution in [0.1, 0.15) is 103 Å². The van der Waals surface area contributed by atoms with Crippen LogP contribution in [0.3, 0.4) is 0 Å². The molecule has 0 saturated heterocycles. The Bertz CT molecular complexity index is 958. The number of alkyl carbamates (subject to hydrolysis) is 1. The van der Waals surface area contributed by atoms with Crippen molar-refractivity contribution in [3.05, 3.63) is 42.0 Å². The van der Waals surface area contributed by atoms with Gasteiger partial charge < -0.3 is 20.3 Å². The number of amides is 3. The van der Waals surface area contributed by atoms with Gasteiger partial charge in [-0.1, -0.05) is 64.0 Å². The zero-order valence-corrected chi connectivity index (χ0v) is 23.2. The molecule has 2 aliphatic carbocycles. The first-order chi connectivity index (χ1) is 17.5. The molecule has 7 heteroatoms. The van der Waals surface area contributed by atoms with Crippen molar-refractivity contribution in [2.24, 2.45) is 5.92 Å². The molecule has 0 heterocycles. The third-order valence-corrected chi connectivity index (χ3v) is 6.83. The molecule has 1 aromatic rings. The smallest absolute Gasteiger partial charge is 0.408 e. The molecule has 0 radical (unpaired) electrons. The van der Waals surface area contributed by atoms with Gasteiger partial charge >= 0.3 is 6.09 Å². The lowest BCUT2D eigenvalue weighted by atomic mass is 9.94. The normalized spacial score (nSPS) is 18.0. The highest BCUT2D eigenvalue weighted by Gasteiger charge is 2.44. The second-order valence-electron chi connectivity index (χ2n) is 11.9. The Morgan fingerprint density at radius 3 is 2.35 bits per heavy atom. The zero-order valence-electron chi connectivity index (χ0n) is 23.2. The molecule has 7 nitrogen and oxygen atoms in total. The number of ether oxygens (including phenoxy) is 1. The van der Waals surface area contributed by atoms with Gasteiger partial charge in [-0.25, -0.2) is 4.79 Å². The molecule has 0 spiro atoms. The molecule has 204 valence electrons. The number of benzene rings is 1. The summed E-state index contributed by atoms with van der Waals surface area (Å²) in [5.74, 6) is -0.243. The highest BCUT2D eigenvalue weighted by molar-refractivity contribution is 5.92. The number of nitrogens with one attached hydrogen (secondary N) is 2. The van der Waals surface area contributed by atoms with Gasteiger partial charge in [-0.3, -0.25) is 9.59 Å². The maximum absolute atomic E-state index is 14.2. The van der Waals surface area contributed by atoms with Gasteiger partial charge in [0.1, 0.15) is 17.7 Å². The van der Waals surface area contributed by atoms with Crippen molar-refractivity contribution in [1.29, 1.82) is 0 Å². The van der Waals surface area contributed by atoms with Crippen LogP contribution in [0.25, 0.3) is 6.08 Å². The van der Waals surface area contributed by atoms with Crippen LogP contribution in [-0.2, 0) is 14.3 Å². The molecule has 0 aromatic heterocycles. The topological polar surface area (TPSA) is 87.7 Å². The minimum Gasteiger partial charge on any atom is -0.444 e. The highest BCUT2D eigenvalue weighted by atomic mass is 16.6. The van der Waals surface area contributed by atoms with Gasteiger partial charge in [-0.05, 0) is 76.0 Å². The number of hydrogen-bond donors (Lipinski definition) is 2. The largest absolute Gasteiger partial charge is 0.444 e. The average Bonchev–Trinajstić information content (AvgIpc) is 3.66. The molecular formula is C30H45N3O4. The molecule has 2 N–H and O–H groups in total. The van der Waals surface area contributed by atoms with Crippen molar-refractivity contribution in [2.45, 2.75) is 116 Å². The lowest BCUT2D eigenvalue weighted by molar-refractivity contribution is -0.143. The number of hydrogen-bond acceptors (Lipinski definition) is 4. The Balaban J connectivity index is 1.95. The fourth-order valence-corrected chi connectivity index (χ4v) is 5.01. The molecule has 2 aliphatic rings. The first-order valence-electron chi connectivity index (χ1n) is 13.8.